The summed E-state index contributed by atoms with van der Waals surface area (Å²) in [4.78, 5) is 10.8. The molecule has 2 rings (SSSR count). The van der Waals surface area contributed by atoms with Crippen molar-refractivity contribution < 1.29 is 18.7 Å². The smallest absolute Gasteiger partial charge is 0.335 e. The second kappa shape index (κ2) is 5.91. The van der Waals surface area contributed by atoms with Crippen molar-refractivity contribution in [3.8, 4) is 0 Å². The molecule has 0 bridgehead atoms. The Bertz CT molecular complexity index is 663. The van der Waals surface area contributed by atoms with Crippen LogP contribution in [-0.2, 0) is 0 Å². The number of benzene rings is 2. The molecule has 21 heavy (non-hydrogen) atoms. The Morgan fingerprint density at radius 3 is 2.29 bits per heavy atom. The topological polar surface area (TPSA) is 49.3 Å². The van der Waals surface area contributed by atoms with Crippen LogP contribution in [0.2, 0.25) is 0 Å². The fourth-order valence-corrected chi connectivity index (χ4v) is 2.20. The molecule has 0 amide bonds. The summed E-state index contributed by atoms with van der Waals surface area (Å²) in [5.41, 5.74) is 1.17. The number of nitrogens with one attached hydrogen (secondary N) is 1. The van der Waals surface area contributed by atoms with Crippen molar-refractivity contribution in [2.45, 2.75) is 19.9 Å². The van der Waals surface area contributed by atoms with Crippen LogP contribution >= 0.6 is 0 Å². The average Bonchev–Trinajstić information content (AvgIpc) is 2.42. The Labute approximate surface area is 121 Å². The lowest BCUT2D eigenvalue weighted by atomic mass is 10.0. The predicted octanol–water partition coefficient (Wildman–Crippen LogP) is 4.14. The number of anilines is 1. The highest BCUT2D eigenvalue weighted by Gasteiger charge is 2.17. The summed E-state index contributed by atoms with van der Waals surface area (Å²) in [6.07, 6.45) is 0. The molecule has 0 aliphatic carbocycles. The van der Waals surface area contributed by atoms with Crippen LogP contribution in [0.15, 0.2) is 36.4 Å². The molecule has 5 heteroatoms. The average molecular weight is 291 g/mol. The van der Waals surface area contributed by atoms with Gasteiger partial charge in [0.05, 0.1) is 5.56 Å². The van der Waals surface area contributed by atoms with Gasteiger partial charge in [-0.3, -0.25) is 0 Å². The molecule has 2 N–H and O–H groups in total. The maximum Gasteiger partial charge on any atom is 0.335 e. The van der Waals surface area contributed by atoms with Crippen molar-refractivity contribution >= 4 is 11.7 Å². The van der Waals surface area contributed by atoms with Crippen molar-refractivity contribution in [2.24, 2.45) is 0 Å². The summed E-state index contributed by atoms with van der Waals surface area (Å²) in [6.45, 7) is 3.69. The fourth-order valence-electron chi connectivity index (χ4n) is 2.20. The van der Waals surface area contributed by atoms with Gasteiger partial charge in [0, 0.05) is 6.04 Å². The lowest BCUT2D eigenvalue weighted by molar-refractivity contribution is 0.0696. The molecule has 0 aliphatic rings. The molecule has 0 saturated carbocycles. The van der Waals surface area contributed by atoms with E-state index in [2.05, 4.69) is 5.32 Å². The van der Waals surface area contributed by atoms with E-state index in [-0.39, 0.29) is 11.7 Å². The van der Waals surface area contributed by atoms with E-state index >= 15 is 0 Å². The third-order valence-corrected chi connectivity index (χ3v) is 3.30. The molecule has 2 aromatic rings. The van der Waals surface area contributed by atoms with Gasteiger partial charge in [0.25, 0.3) is 0 Å². The molecule has 0 saturated heterocycles. The normalized spacial score (nSPS) is 12.0. The zero-order valence-electron chi connectivity index (χ0n) is 11.7. The molecule has 1 atom stereocenters. The van der Waals surface area contributed by atoms with E-state index in [9.17, 15) is 13.6 Å². The number of rotatable bonds is 4. The zero-order valence-corrected chi connectivity index (χ0v) is 11.7. The Morgan fingerprint density at radius 2 is 1.76 bits per heavy atom. The fraction of sp³-hybridized carbons (Fsp3) is 0.188. The van der Waals surface area contributed by atoms with E-state index in [1.54, 1.807) is 6.92 Å². The van der Waals surface area contributed by atoms with E-state index in [0.717, 1.165) is 23.3 Å². The van der Waals surface area contributed by atoms with Gasteiger partial charge in [0.2, 0.25) is 0 Å². The van der Waals surface area contributed by atoms with Crippen LogP contribution in [0.5, 0.6) is 0 Å². The van der Waals surface area contributed by atoms with Gasteiger partial charge in [0.15, 0.2) is 0 Å². The van der Waals surface area contributed by atoms with Gasteiger partial charge in [-0.1, -0.05) is 24.3 Å². The Hall–Kier alpha value is -2.43. The van der Waals surface area contributed by atoms with Crippen LogP contribution < -0.4 is 5.32 Å². The molecule has 0 radical (unpaired) electrons. The van der Waals surface area contributed by atoms with Gasteiger partial charge in [-0.25, -0.2) is 13.6 Å². The molecule has 0 heterocycles. The first-order valence-electron chi connectivity index (χ1n) is 6.44. The Morgan fingerprint density at radius 1 is 1.19 bits per heavy atom. The van der Waals surface area contributed by atoms with Gasteiger partial charge in [0.1, 0.15) is 17.3 Å². The van der Waals surface area contributed by atoms with Crippen LogP contribution in [0.1, 0.15) is 34.5 Å². The number of carbonyl (C=O) groups is 1. The number of hydrogen-bond acceptors (Lipinski definition) is 2. The minimum absolute atomic E-state index is 0.314. The third-order valence-electron chi connectivity index (χ3n) is 3.30. The molecule has 0 fully saturated rings. The standard InChI is InChI=1S/C16H15F2NO2/c1-9-5-3-4-6-12(9)10(2)19-15-13(17)7-11(16(20)21)8-14(15)18/h3-8,10,19H,1-2H3,(H,20,21). The number of hydrogen-bond donors (Lipinski definition) is 2. The second-order valence-corrected chi connectivity index (χ2v) is 4.84. The highest BCUT2D eigenvalue weighted by Crippen LogP contribution is 2.27. The van der Waals surface area contributed by atoms with Gasteiger partial charge in [-0.15, -0.1) is 0 Å². The van der Waals surface area contributed by atoms with Crippen LogP contribution in [0, 0.1) is 18.6 Å². The van der Waals surface area contributed by atoms with E-state index in [1.165, 1.54) is 0 Å². The second-order valence-electron chi connectivity index (χ2n) is 4.84. The molecule has 0 spiro atoms. The molecule has 0 aromatic heterocycles. The number of aryl methyl sites for hydroxylation is 1. The summed E-state index contributed by atoms with van der Waals surface area (Å²) in [5.74, 6) is -3.22. The van der Waals surface area contributed by atoms with E-state index in [4.69, 9.17) is 5.11 Å². The first-order chi connectivity index (χ1) is 9.90. The number of aromatic carboxylic acids is 1. The number of halogens is 2. The molecule has 0 aliphatic heterocycles. The van der Waals surface area contributed by atoms with Crippen LogP contribution in [0.4, 0.5) is 14.5 Å². The van der Waals surface area contributed by atoms with E-state index < -0.39 is 23.2 Å². The number of carboxylic acids is 1. The summed E-state index contributed by atoms with van der Waals surface area (Å²) in [6, 6.07) is 8.80. The molecular formula is C16H15F2NO2. The predicted molar refractivity (Wildman–Crippen MR) is 76.5 cm³/mol. The summed E-state index contributed by atoms with van der Waals surface area (Å²) >= 11 is 0. The van der Waals surface area contributed by atoms with Crippen molar-refractivity contribution in [1.82, 2.24) is 0 Å². The van der Waals surface area contributed by atoms with Crippen molar-refractivity contribution in [3.05, 3.63) is 64.7 Å². The van der Waals surface area contributed by atoms with Crippen LogP contribution in [0.25, 0.3) is 0 Å². The highest BCUT2D eigenvalue weighted by molar-refractivity contribution is 5.88. The number of carboxylic acid groups (broad SMARTS) is 1. The highest BCUT2D eigenvalue weighted by atomic mass is 19.1. The van der Waals surface area contributed by atoms with Gasteiger partial charge >= 0.3 is 5.97 Å². The van der Waals surface area contributed by atoms with Crippen molar-refractivity contribution in [2.75, 3.05) is 5.32 Å². The van der Waals surface area contributed by atoms with Crippen LogP contribution in [0.3, 0.4) is 0 Å². The minimum Gasteiger partial charge on any atom is -0.478 e. The van der Waals surface area contributed by atoms with Gasteiger partial charge in [-0.05, 0) is 37.1 Å². The van der Waals surface area contributed by atoms with Crippen molar-refractivity contribution in [1.29, 1.82) is 0 Å². The lowest BCUT2D eigenvalue weighted by Crippen LogP contribution is -2.12. The first kappa shape index (κ1) is 15.0. The third kappa shape index (κ3) is 3.18. The van der Waals surface area contributed by atoms with E-state index in [0.29, 0.717) is 0 Å². The quantitative estimate of drug-likeness (QED) is 0.890. The maximum atomic E-state index is 13.9. The largest absolute Gasteiger partial charge is 0.478 e. The van der Waals surface area contributed by atoms with Gasteiger partial charge < -0.3 is 10.4 Å². The lowest BCUT2D eigenvalue weighted by Gasteiger charge is -2.19. The minimum atomic E-state index is -1.37. The Kier molecular flexibility index (Phi) is 4.21. The molecular weight excluding hydrogens is 276 g/mol. The van der Waals surface area contributed by atoms with Crippen LogP contribution in [-0.4, -0.2) is 11.1 Å². The van der Waals surface area contributed by atoms with Gasteiger partial charge in [-0.2, -0.15) is 0 Å². The monoisotopic (exact) mass is 291 g/mol. The molecule has 110 valence electrons. The maximum absolute atomic E-state index is 13.9. The first-order valence-corrected chi connectivity index (χ1v) is 6.44. The summed E-state index contributed by atoms with van der Waals surface area (Å²) in [5, 5.41) is 11.5. The summed E-state index contributed by atoms with van der Waals surface area (Å²) in [7, 11) is 0. The van der Waals surface area contributed by atoms with E-state index in [1.807, 2.05) is 31.2 Å². The zero-order chi connectivity index (χ0) is 15.6. The Balaban J connectivity index is 2.32. The summed E-state index contributed by atoms with van der Waals surface area (Å²) < 4.78 is 27.8. The van der Waals surface area contributed by atoms with Crippen molar-refractivity contribution in [3.63, 3.8) is 0 Å². The molecule has 3 nitrogen and oxygen atoms in total. The SMILES string of the molecule is Cc1ccccc1C(C)Nc1c(F)cc(C(=O)O)cc1F. The molecule has 1 unspecified atom stereocenters. The molecule has 2 aromatic carbocycles.